The molecule has 0 fully saturated rings. The van der Waals surface area contributed by atoms with Crippen molar-refractivity contribution in [2.75, 3.05) is 11.9 Å². The standard InChI is InChI=1S/C27H35N5O5/c1-27(2,3)37-24(35)17-21(26(36)30-16-15-18-7-5-4-6-8-18)32-23(34)14-13-22(33)31-20-11-9-19(10-12-20)25(28)29/h4-12,21H,13-17H2,1-3H3,(H3,28,29)(H,30,36)(H,31,33)(H,32,34). The molecule has 0 aliphatic carbocycles. The van der Waals surface area contributed by atoms with E-state index < -0.39 is 35.3 Å². The Balaban J connectivity index is 1.90. The van der Waals surface area contributed by atoms with Crippen molar-refractivity contribution in [1.29, 1.82) is 5.41 Å². The predicted molar refractivity (Wildman–Crippen MR) is 141 cm³/mol. The average Bonchev–Trinajstić information content (AvgIpc) is 2.82. The van der Waals surface area contributed by atoms with Gasteiger partial charge in [0.25, 0.3) is 0 Å². The number of anilines is 1. The van der Waals surface area contributed by atoms with Crippen LogP contribution >= 0.6 is 0 Å². The Hall–Kier alpha value is -4.21. The lowest BCUT2D eigenvalue weighted by atomic mass is 10.1. The molecule has 10 nitrogen and oxygen atoms in total. The Morgan fingerprint density at radius 2 is 1.57 bits per heavy atom. The molecule has 0 saturated heterocycles. The van der Waals surface area contributed by atoms with Crippen molar-refractivity contribution in [3.63, 3.8) is 0 Å². The van der Waals surface area contributed by atoms with Gasteiger partial charge in [0, 0.05) is 30.6 Å². The highest BCUT2D eigenvalue weighted by molar-refractivity contribution is 5.97. The number of hydrogen-bond donors (Lipinski definition) is 5. The highest BCUT2D eigenvalue weighted by Gasteiger charge is 2.27. The Morgan fingerprint density at radius 1 is 0.946 bits per heavy atom. The maximum atomic E-state index is 12.8. The van der Waals surface area contributed by atoms with Gasteiger partial charge in [-0.2, -0.15) is 0 Å². The first-order chi connectivity index (χ1) is 17.4. The number of ether oxygens (including phenoxy) is 1. The number of carbonyl (C=O) groups is 4. The van der Waals surface area contributed by atoms with Crippen LogP contribution in [-0.4, -0.2) is 47.7 Å². The van der Waals surface area contributed by atoms with Crippen LogP contribution in [0.1, 0.15) is 51.2 Å². The van der Waals surface area contributed by atoms with Crippen molar-refractivity contribution < 1.29 is 23.9 Å². The van der Waals surface area contributed by atoms with Crippen LogP contribution in [0.25, 0.3) is 0 Å². The van der Waals surface area contributed by atoms with E-state index in [0.717, 1.165) is 5.56 Å². The molecule has 37 heavy (non-hydrogen) atoms. The smallest absolute Gasteiger partial charge is 0.308 e. The van der Waals surface area contributed by atoms with E-state index in [1.807, 2.05) is 30.3 Å². The van der Waals surface area contributed by atoms with E-state index in [1.165, 1.54) is 0 Å². The fraction of sp³-hybridized carbons (Fsp3) is 0.370. The molecule has 2 aromatic rings. The molecular weight excluding hydrogens is 474 g/mol. The molecule has 6 N–H and O–H groups in total. The first-order valence-corrected chi connectivity index (χ1v) is 12.0. The van der Waals surface area contributed by atoms with Crippen LogP contribution < -0.4 is 21.7 Å². The SMILES string of the molecule is CC(C)(C)OC(=O)CC(NC(=O)CCC(=O)Nc1ccc(C(=N)N)cc1)C(=O)NCCc1ccccc1. The molecule has 1 atom stereocenters. The Labute approximate surface area is 216 Å². The van der Waals surface area contributed by atoms with Crippen molar-refractivity contribution >= 4 is 35.2 Å². The van der Waals surface area contributed by atoms with Gasteiger partial charge in [0.05, 0.1) is 6.42 Å². The zero-order valence-corrected chi connectivity index (χ0v) is 21.4. The lowest BCUT2D eigenvalue weighted by Gasteiger charge is -2.22. The molecule has 0 aliphatic rings. The zero-order chi connectivity index (χ0) is 27.4. The first kappa shape index (κ1) is 29.0. The van der Waals surface area contributed by atoms with Crippen LogP contribution in [0.4, 0.5) is 5.69 Å². The molecule has 0 heterocycles. The molecule has 0 bridgehead atoms. The van der Waals surface area contributed by atoms with Crippen molar-refractivity contribution in [2.45, 2.75) is 58.1 Å². The van der Waals surface area contributed by atoms with Crippen LogP contribution in [0.3, 0.4) is 0 Å². The van der Waals surface area contributed by atoms with Crippen molar-refractivity contribution in [2.24, 2.45) is 5.73 Å². The number of rotatable bonds is 12. The number of nitrogen functional groups attached to an aromatic ring is 1. The number of benzene rings is 2. The first-order valence-electron chi connectivity index (χ1n) is 12.0. The Bertz CT molecular complexity index is 1090. The number of hydrogen-bond acceptors (Lipinski definition) is 6. The summed E-state index contributed by atoms with van der Waals surface area (Å²) in [6.45, 7) is 5.47. The third-order valence-electron chi connectivity index (χ3n) is 5.06. The Kier molecular flexibility index (Phi) is 10.8. The quantitative estimate of drug-likeness (QED) is 0.167. The van der Waals surface area contributed by atoms with E-state index in [9.17, 15) is 19.2 Å². The molecule has 0 radical (unpaired) electrons. The number of esters is 1. The van der Waals surface area contributed by atoms with Gasteiger partial charge in [0.15, 0.2) is 0 Å². The normalized spacial score (nSPS) is 11.6. The summed E-state index contributed by atoms with van der Waals surface area (Å²) in [4.78, 5) is 49.9. The van der Waals surface area contributed by atoms with Gasteiger partial charge < -0.3 is 26.4 Å². The van der Waals surface area contributed by atoms with Gasteiger partial charge in [-0.05, 0) is 57.0 Å². The molecule has 1 unspecified atom stereocenters. The summed E-state index contributed by atoms with van der Waals surface area (Å²) in [5.41, 5.74) is 6.73. The van der Waals surface area contributed by atoms with Crippen LogP contribution in [0.5, 0.6) is 0 Å². The molecule has 0 aliphatic heterocycles. The topological polar surface area (TPSA) is 163 Å². The summed E-state index contributed by atoms with van der Waals surface area (Å²) in [6, 6.07) is 14.9. The van der Waals surface area contributed by atoms with E-state index in [1.54, 1.807) is 45.0 Å². The Morgan fingerprint density at radius 3 is 2.16 bits per heavy atom. The lowest BCUT2D eigenvalue weighted by Crippen LogP contribution is -2.48. The van der Waals surface area contributed by atoms with E-state index >= 15 is 0 Å². The van der Waals surface area contributed by atoms with Crippen molar-refractivity contribution in [3.8, 4) is 0 Å². The second kappa shape index (κ2) is 13.8. The van der Waals surface area contributed by atoms with Crippen molar-refractivity contribution in [3.05, 3.63) is 65.7 Å². The second-order valence-electron chi connectivity index (χ2n) is 9.48. The van der Waals surface area contributed by atoms with Crippen LogP contribution in [0.15, 0.2) is 54.6 Å². The molecule has 0 saturated carbocycles. The largest absolute Gasteiger partial charge is 0.460 e. The minimum Gasteiger partial charge on any atom is -0.460 e. The minimum absolute atomic E-state index is 0.0837. The third kappa shape index (κ3) is 11.4. The van der Waals surface area contributed by atoms with E-state index in [4.69, 9.17) is 15.9 Å². The van der Waals surface area contributed by atoms with Gasteiger partial charge >= 0.3 is 5.97 Å². The summed E-state index contributed by atoms with van der Waals surface area (Å²) in [6.07, 6.45) is -0.0589. The zero-order valence-electron chi connectivity index (χ0n) is 21.4. The number of amidine groups is 1. The molecule has 0 aromatic heterocycles. The predicted octanol–water partition coefficient (Wildman–Crippen LogP) is 2.26. The molecule has 198 valence electrons. The molecule has 3 amide bonds. The second-order valence-corrected chi connectivity index (χ2v) is 9.48. The average molecular weight is 510 g/mol. The lowest BCUT2D eigenvalue weighted by molar-refractivity contribution is -0.156. The van der Waals surface area contributed by atoms with Crippen molar-refractivity contribution in [1.82, 2.24) is 10.6 Å². The molecule has 10 heteroatoms. The molecule has 2 rings (SSSR count). The molecular formula is C27H35N5O5. The fourth-order valence-electron chi connectivity index (χ4n) is 3.31. The van der Waals surface area contributed by atoms with Gasteiger partial charge in [0.2, 0.25) is 17.7 Å². The van der Waals surface area contributed by atoms with E-state index in [0.29, 0.717) is 24.2 Å². The summed E-state index contributed by atoms with van der Waals surface area (Å²) in [5.74, 6) is -2.16. The minimum atomic E-state index is -1.14. The van der Waals surface area contributed by atoms with Gasteiger partial charge in [0.1, 0.15) is 17.5 Å². The van der Waals surface area contributed by atoms with E-state index in [-0.39, 0.29) is 25.1 Å². The fourth-order valence-corrected chi connectivity index (χ4v) is 3.31. The number of amides is 3. The maximum Gasteiger partial charge on any atom is 0.308 e. The molecule has 0 spiro atoms. The van der Waals surface area contributed by atoms with Gasteiger partial charge in [-0.3, -0.25) is 24.6 Å². The summed E-state index contributed by atoms with van der Waals surface area (Å²) >= 11 is 0. The summed E-state index contributed by atoms with van der Waals surface area (Å²) < 4.78 is 5.31. The molecule has 2 aromatic carbocycles. The number of nitrogens with one attached hydrogen (secondary N) is 4. The number of carbonyl (C=O) groups excluding carboxylic acids is 4. The monoisotopic (exact) mass is 509 g/mol. The van der Waals surface area contributed by atoms with Gasteiger partial charge in [-0.15, -0.1) is 0 Å². The third-order valence-corrected chi connectivity index (χ3v) is 5.06. The highest BCUT2D eigenvalue weighted by Crippen LogP contribution is 2.11. The highest BCUT2D eigenvalue weighted by atomic mass is 16.6. The summed E-state index contributed by atoms with van der Waals surface area (Å²) in [5, 5.41) is 15.4. The van der Waals surface area contributed by atoms with Gasteiger partial charge in [-0.25, -0.2) is 0 Å². The summed E-state index contributed by atoms with van der Waals surface area (Å²) in [7, 11) is 0. The van der Waals surface area contributed by atoms with Crippen LogP contribution in [0, 0.1) is 5.41 Å². The maximum absolute atomic E-state index is 12.8. The number of nitrogens with two attached hydrogens (primary N) is 1. The van der Waals surface area contributed by atoms with Crippen LogP contribution in [-0.2, 0) is 30.3 Å². The van der Waals surface area contributed by atoms with E-state index in [2.05, 4.69) is 16.0 Å². The van der Waals surface area contributed by atoms with Crippen LogP contribution in [0.2, 0.25) is 0 Å². The van der Waals surface area contributed by atoms with Gasteiger partial charge in [-0.1, -0.05) is 30.3 Å².